The highest BCUT2D eigenvalue weighted by atomic mass is 16.5. The van der Waals surface area contributed by atoms with Crippen LogP contribution in [-0.2, 0) is 25.4 Å². The number of aromatic nitrogens is 3. The minimum absolute atomic E-state index is 0.0807. The van der Waals surface area contributed by atoms with E-state index in [0.29, 0.717) is 35.6 Å². The molecule has 3 aromatic heterocycles. The molecule has 9 heteroatoms. The van der Waals surface area contributed by atoms with Crippen molar-refractivity contribution in [1.82, 2.24) is 18.6 Å². The Bertz CT molecular complexity index is 1170. The Morgan fingerprint density at radius 1 is 1.14 bits per heavy atom. The fourth-order valence-electron chi connectivity index (χ4n) is 4.04. The molecule has 1 aliphatic heterocycles. The van der Waals surface area contributed by atoms with E-state index in [2.05, 4.69) is 0 Å². The first-order valence-corrected chi connectivity index (χ1v) is 9.54. The highest BCUT2D eigenvalue weighted by molar-refractivity contribution is 5.98. The maximum absolute atomic E-state index is 13.4. The number of ether oxygens (including phenoxy) is 1. The fraction of sp³-hybridized carbons (Fsp3) is 0.450. The van der Waals surface area contributed by atoms with Gasteiger partial charge in [0.25, 0.3) is 11.5 Å². The van der Waals surface area contributed by atoms with Crippen molar-refractivity contribution < 1.29 is 13.9 Å². The van der Waals surface area contributed by atoms with E-state index >= 15 is 0 Å². The average molecular weight is 400 g/mol. The third-order valence-corrected chi connectivity index (χ3v) is 5.32. The normalized spacial score (nSPS) is 19.8. The Kier molecular flexibility index (Phi) is 4.70. The van der Waals surface area contributed by atoms with E-state index in [1.165, 1.54) is 11.6 Å². The molecule has 1 fully saturated rings. The van der Waals surface area contributed by atoms with Gasteiger partial charge in [0.05, 0.1) is 30.4 Å². The minimum atomic E-state index is -0.450. The van der Waals surface area contributed by atoms with Gasteiger partial charge in [-0.25, -0.2) is 4.79 Å². The smallest absolute Gasteiger partial charge is 0.332 e. The van der Waals surface area contributed by atoms with Crippen LogP contribution in [0.25, 0.3) is 11.0 Å². The van der Waals surface area contributed by atoms with Gasteiger partial charge in [-0.2, -0.15) is 0 Å². The number of rotatable bonds is 3. The molecule has 0 N–H and O–H groups in total. The van der Waals surface area contributed by atoms with Gasteiger partial charge >= 0.3 is 5.69 Å². The second kappa shape index (κ2) is 7.07. The van der Waals surface area contributed by atoms with Crippen molar-refractivity contribution in [3.63, 3.8) is 0 Å². The number of furan rings is 1. The van der Waals surface area contributed by atoms with Crippen LogP contribution in [0.5, 0.6) is 0 Å². The molecule has 9 nitrogen and oxygen atoms in total. The molecule has 0 radical (unpaired) electrons. The zero-order valence-electron chi connectivity index (χ0n) is 16.9. The Labute approximate surface area is 166 Å². The maximum Gasteiger partial charge on any atom is 0.332 e. The number of hydrogen-bond donors (Lipinski definition) is 0. The Morgan fingerprint density at radius 3 is 2.45 bits per heavy atom. The van der Waals surface area contributed by atoms with Gasteiger partial charge in [0.15, 0.2) is 0 Å². The van der Waals surface area contributed by atoms with Gasteiger partial charge in [-0.3, -0.25) is 18.7 Å². The Balaban J connectivity index is 1.92. The van der Waals surface area contributed by atoms with Crippen molar-refractivity contribution in [3.05, 3.63) is 56.8 Å². The molecular weight excluding hydrogens is 376 g/mol. The van der Waals surface area contributed by atoms with Gasteiger partial charge in [-0.1, -0.05) is 0 Å². The number of fused-ring (bicyclic) bond motifs is 1. The molecule has 0 bridgehead atoms. The lowest BCUT2D eigenvalue weighted by Gasteiger charge is -2.35. The van der Waals surface area contributed by atoms with Crippen LogP contribution in [0.4, 0.5) is 0 Å². The van der Waals surface area contributed by atoms with E-state index in [1.807, 2.05) is 13.8 Å². The minimum Gasteiger partial charge on any atom is -0.467 e. The molecule has 1 aliphatic rings. The summed E-state index contributed by atoms with van der Waals surface area (Å²) in [7, 11) is 3.02. The van der Waals surface area contributed by atoms with Crippen molar-refractivity contribution in [1.29, 1.82) is 0 Å². The molecule has 154 valence electrons. The van der Waals surface area contributed by atoms with E-state index in [-0.39, 0.29) is 24.7 Å². The van der Waals surface area contributed by atoms with Gasteiger partial charge < -0.3 is 18.6 Å². The largest absolute Gasteiger partial charge is 0.467 e. The van der Waals surface area contributed by atoms with Gasteiger partial charge in [0.2, 0.25) is 0 Å². The summed E-state index contributed by atoms with van der Waals surface area (Å²) < 4.78 is 15.3. The van der Waals surface area contributed by atoms with E-state index in [0.717, 1.165) is 4.57 Å². The van der Waals surface area contributed by atoms with Crippen LogP contribution >= 0.6 is 0 Å². The highest BCUT2D eigenvalue weighted by Crippen LogP contribution is 2.21. The lowest BCUT2D eigenvalue weighted by molar-refractivity contribution is -0.0588. The lowest BCUT2D eigenvalue weighted by Crippen LogP contribution is -2.48. The van der Waals surface area contributed by atoms with Crippen molar-refractivity contribution in [2.45, 2.75) is 32.6 Å². The molecule has 1 saturated heterocycles. The van der Waals surface area contributed by atoms with Gasteiger partial charge in [-0.05, 0) is 32.0 Å². The summed E-state index contributed by atoms with van der Waals surface area (Å²) in [6.07, 6.45) is 1.39. The highest BCUT2D eigenvalue weighted by Gasteiger charge is 2.30. The number of aryl methyl sites for hydroxylation is 1. The molecule has 1 amide bonds. The summed E-state index contributed by atoms with van der Waals surface area (Å²) in [5, 5.41) is 0.318. The van der Waals surface area contributed by atoms with Crippen LogP contribution in [0.15, 0.2) is 38.5 Å². The summed E-state index contributed by atoms with van der Waals surface area (Å²) in [6.45, 7) is 5.00. The lowest BCUT2D eigenvalue weighted by atomic mass is 10.2. The second-order valence-corrected chi connectivity index (χ2v) is 7.61. The zero-order chi connectivity index (χ0) is 20.9. The number of hydrogen-bond acceptors (Lipinski definition) is 5. The van der Waals surface area contributed by atoms with Crippen molar-refractivity contribution in [3.8, 4) is 0 Å². The molecule has 0 aromatic carbocycles. The topological polar surface area (TPSA) is 91.6 Å². The third kappa shape index (κ3) is 3.21. The first kappa shape index (κ1) is 19.3. The molecule has 2 atom stereocenters. The molecule has 0 saturated carbocycles. The third-order valence-electron chi connectivity index (χ3n) is 5.32. The second-order valence-electron chi connectivity index (χ2n) is 7.61. The number of nitrogens with zero attached hydrogens (tertiary/aromatic N) is 4. The Morgan fingerprint density at radius 2 is 1.83 bits per heavy atom. The van der Waals surface area contributed by atoms with Crippen molar-refractivity contribution in [2.75, 3.05) is 13.1 Å². The van der Waals surface area contributed by atoms with Gasteiger partial charge in [-0.15, -0.1) is 0 Å². The van der Waals surface area contributed by atoms with Gasteiger partial charge in [0, 0.05) is 27.2 Å². The number of carbonyl (C=O) groups excluding carboxylic acids is 1. The molecule has 0 aliphatic carbocycles. The summed E-state index contributed by atoms with van der Waals surface area (Å²) in [4.78, 5) is 40.4. The van der Waals surface area contributed by atoms with Crippen LogP contribution in [0.2, 0.25) is 0 Å². The average Bonchev–Trinajstić information content (AvgIpc) is 3.32. The SMILES string of the molecule is C[C@@H]1CN(C(=O)c2cc3c(=O)n(C)c(=O)n(C)c3n2Cc2ccco2)C[C@@H](C)O1. The van der Waals surface area contributed by atoms with Crippen molar-refractivity contribution in [2.24, 2.45) is 14.1 Å². The molecule has 29 heavy (non-hydrogen) atoms. The number of morpholine rings is 1. The first-order valence-electron chi connectivity index (χ1n) is 9.54. The first-order chi connectivity index (χ1) is 13.8. The zero-order valence-corrected chi connectivity index (χ0v) is 16.9. The quantitative estimate of drug-likeness (QED) is 0.652. The van der Waals surface area contributed by atoms with Crippen molar-refractivity contribution >= 4 is 16.9 Å². The van der Waals surface area contributed by atoms with E-state index in [9.17, 15) is 14.4 Å². The predicted octanol–water partition coefficient (Wildman–Crippen LogP) is 0.929. The van der Waals surface area contributed by atoms with E-state index in [1.54, 1.807) is 41.0 Å². The van der Waals surface area contributed by atoms with Crippen LogP contribution in [0, 0.1) is 0 Å². The van der Waals surface area contributed by atoms with Crippen LogP contribution in [0.1, 0.15) is 30.1 Å². The van der Waals surface area contributed by atoms with Gasteiger partial charge in [0.1, 0.15) is 17.1 Å². The summed E-state index contributed by atoms with van der Waals surface area (Å²) in [6, 6.07) is 5.12. The maximum atomic E-state index is 13.4. The van der Waals surface area contributed by atoms with Crippen LogP contribution in [0.3, 0.4) is 0 Å². The molecule has 4 rings (SSSR count). The van der Waals surface area contributed by atoms with Crippen LogP contribution in [-0.4, -0.2) is 49.8 Å². The summed E-state index contributed by atoms with van der Waals surface area (Å²) in [5.74, 6) is 0.414. The molecular formula is C20H24N4O5. The molecule has 4 heterocycles. The monoisotopic (exact) mass is 400 g/mol. The summed E-state index contributed by atoms with van der Waals surface area (Å²) >= 11 is 0. The predicted molar refractivity (Wildman–Crippen MR) is 106 cm³/mol. The Hall–Kier alpha value is -3.07. The molecule has 0 unspecified atom stereocenters. The molecule has 0 spiro atoms. The summed E-state index contributed by atoms with van der Waals surface area (Å²) in [5.41, 5.74) is -0.142. The van der Waals surface area contributed by atoms with E-state index < -0.39 is 11.2 Å². The standard InChI is InChI=1S/C20H24N4O5/c1-12-9-23(10-13(2)29-12)19(26)16-8-15-17(21(3)20(27)22(4)18(15)25)24(16)11-14-6-5-7-28-14/h5-8,12-13H,9-11H2,1-4H3/t12-,13-/m1/s1. The fourth-order valence-corrected chi connectivity index (χ4v) is 4.04. The number of carbonyl (C=O) groups is 1. The number of amides is 1. The van der Waals surface area contributed by atoms with E-state index in [4.69, 9.17) is 9.15 Å². The van der Waals surface area contributed by atoms with Crippen LogP contribution < -0.4 is 11.2 Å². The molecule has 3 aromatic rings.